The molecule has 0 amide bonds. The summed E-state index contributed by atoms with van der Waals surface area (Å²) in [6.07, 6.45) is 1.40. The van der Waals surface area contributed by atoms with Gasteiger partial charge in [-0.2, -0.15) is 9.67 Å². The molecule has 0 aliphatic heterocycles. The van der Waals surface area contributed by atoms with Crippen molar-refractivity contribution in [2.45, 2.75) is 6.54 Å². The van der Waals surface area contributed by atoms with Gasteiger partial charge in [-0.15, -0.1) is 16.4 Å². The van der Waals surface area contributed by atoms with Crippen molar-refractivity contribution in [3.8, 4) is 10.7 Å². The molecule has 140 valence electrons. The maximum Gasteiger partial charge on any atom is 0.317 e. The molecule has 28 heavy (non-hydrogen) atoms. The molecular formula is C18H13N5O4S. The Balaban J connectivity index is 1.64. The van der Waals surface area contributed by atoms with Gasteiger partial charge in [0, 0.05) is 18.7 Å². The normalized spacial score (nSPS) is 10.7. The Labute approximate surface area is 162 Å². The Kier molecular flexibility index (Phi) is 4.68. The molecule has 9 nitrogen and oxygen atoms in total. The number of aromatic nitrogens is 3. The molecule has 0 atom stereocenters. The molecule has 1 aromatic carbocycles. The van der Waals surface area contributed by atoms with Crippen LogP contribution in [0.25, 0.3) is 10.7 Å². The number of hydrogen-bond acceptors (Lipinski definition) is 8. The number of furan rings is 1. The molecule has 0 bridgehead atoms. The summed E-state index contributed by atoms with van der Waals surface area (Å²) in [5.74, 6) is 0.274. The molecule has 0 aliphatic carbocycles. The maximum atomic E-state index is 12.7. The molecule has 0 spiro atoms. The average molecular weight is 395 g/mol. The highest BCUT2D eigenvalue weighted by molar-refractivity contribution is 7.13. The topological polar surface area (TPSA) is 116 Å². The molecule has 0 saturated heterocycles. The number of nitro groups is 1. The summed E-state index contributed by atoms with van der Waals surface area (Å²) in [6, 6.07) is 13.1. The number of non-ortho nitro benzene ring substituents is 1. The van der Waals surface area contributed by atoms with E-state index in [1.807, 2.05) is 17.5 Å². The van der Waals surface area contributed by atoms with Gasteiger partial charge in [0.25, 0.3) is 5.69 Å². The van der Waals surface area contributed by atoms with E-state index in [9.17, 15) is 14.9 Å². The fourth-order valence-corrected chi connectivity index (χ4v) is 3.20. The molecule has 4 rings (SSSR count). The minimum absolute atomic E-state index is 0.00768. The van der Waals surface area contributed by atoms with E-state index in [1.165, 1.54) is 29.7 Å². The van der Waals surface area contributed by atoms with Crippen molar-refractivity contribution in [1.82, 2.24) is 14.8 Å². The van der Waals surface area contributed by atoms with Gasteiger partial charge in [-0.3, -0.25) is 14.9 Å². The van der Waals surface area contributed by atoms with Crippen LogP contribution in [0.5, 0.6) is 0 Å². The molecule has 0 fully saturated rings. The number of nitrogens with zero attached hydrogens (tertiary/aromatic N) is 4. The number of benzene rings is 1. The number of carbonyl (C=O) groups is 1. The van der Waals surface area contributed by atoms with Gasteiger partial charge >= 0.3 is 5.91 Å². The maximum absolute atomic E-state index is 12.7. The fraction of sp³-hybridized carbons (Fsp3) is 0.0556. The zero-order valence-corrected chi connectivity index (χ0v) is 15.1. The predicted molar refractivity (Wildman–Crippen MR) is 102 cm³/mol. The quantitative estimate of drug-likeness (QED) is 0.390. The second-order valence-corrected chi connectivity index (χ2v) is 6.66. The lowest BCUT2D eigenvalue weighted by Crippen LogP contribution is -2.17. The third kappa shape index (κ3) is 3.53. The summed E-state index contributed by atoms with van der Waals surface area (Å²) >= 11 is 1.45. The highest BCUT2D eigenvalue weighted by Gasteiger charge is 2.21. The highest BCUT2D eigenvalue weighted by atomic mass is 32.1. The number of nitro benzene ring substituents is 1. The van der Waals surface area contributed by atoms with Crippen LogP contribution < -0.4 is 5.32 Å². The number of rotatable bonds is 6. The van der Waals surface area contributed by atoms with E-state index in [0.29, 0.717) is 11.4 Å². The van der Waals surface area contributed by atoms with Crippen LogP contribution in [-0.2, 0) is 6.54 Å². The van der Waals surface area contributed by atoms with Crippen molar-refractivity contribution >= 4 is 28.9 Å². The third-order valence-electron chi connectivity index (χ3n) is 3.85. The summed E-state index contributed by atoms with van der Waals surface area (Å²) in [7, 11) is 0. The van der Waals surface area contributed by atoms with Gasteiger partial charge in [0.2, 0.25) is 5.95 Å². The molecule has 10 heteroatoms. The zero-order chi connectivity index (χ0) is 19.5. The molecule has 3 aromatic heterocycles. The summed E-state index contributed by atoms with van der Waals surface area (Å²) < 4.78 is 6.30. The van der Waals surface area contributed by atoms with Crippen LogP contribution in [0.15, 0.2) is 64.6 Å². The van der Waals surface area contributed by atoms with Gasteiger partial charge in [-0.05, 0) is 29.1 Å². The summed E-state index contributed by atoms with van der Waals surface area (Å²) in [5, 5.41) is 20.2. The van der Waals surface area contributed by atoms with Gasteiger partial charge in [-0.1, -0.05) is 18.2 Å². The Bertz CT molecular complexity index is 1120. The minimum Gasteiger partial charge on any atom is -0.459 e. The second kappa shape index (κ2) is 7.45. The van der Waals surface area contributed by atoms with E-state index in [4.69, 9.17) is 4.42 Å². The van der Waals surface area contributed by atoms with Crippen LogP contribution in [0.2, 0.25) is 0 Å². The monoisotopic (exact) mass is 395 g/mol. The van der Waals surface area contributed by atoms with Crippen molar-refractivity contribution in [2.24, 2.45) is 0 Å². The number of nitrogens with one attached hydrogen (secondary N) is 1. The summed E-state index contributed by atoms with van der Waals surface area (Å²) in [5.41, 5.74) is 0.665. The number of hydrogen-bond donors (Lipinski definition) is 1. The fourth-order valence-electron chi connectivity index (χ4n) is 2.54. The highest BCUT2D eigenvalue weighted by Crippen LogP contribution is 2.24. The van der Waals surface area contributed by atoms with Gasteiger partial charge < -0.3 is 9.73 Å². The van der Waals surface area contributed by atoms with Crippen LogP contribution in [0.4, 0.5) is 11.6 Å². The van der Waals surface area contributed by atoms with Crippen LogP contribution in [-0.4, -0.2) is 25.6 Å². The molecule has 1 N–H and O–H groups in total. The average Bonchev–Trinajstić information content (AvgIpc) is 3.47. The van der Waals surface area contributed by atoms with E-state index in [-0.39, 0.29) is 23.9 Å². The molecular weight excluding hydrogens is 382 g/mol. The van der Waals surface area contributed by atoms with Gasteiger partial charge in [0.15, 0.2) is 11.6 Å². The first kappa shape index (κ1) is 17.6. The van der Waals surface area contributed by atoms with Gasteiger partial charge in [-0.25, -0.2) is 0 Å². The third-order valence-corrected chi connectivity index (χ3v) is 4.71. The molecule has 3 heterocycles. The van der Waals surface area contributed by atoms with Crippen LogP contribution in [0.1, 0.15) is 16.1 Å². The molecule has 4 aromatic rings. The largest absolute Gasteiger partial charge is 0.459 e. The molecule has 0 aliphatic rings. The Hall–Kier alpha value is -3.79. The zero-order valence-electron chi connectivity index (χ0n) is 14.3. The minimum atomic E-state index is -0.471. The van der Waals surface area contributed by atoms with Crippen molar-refractivity contribution < 1.29 is 14.1 Å². The lowest BCUT2D eigenvalue weighted by molar-refractivity contribution is -0.384. The Morgan fingerprint density at radius 2 is 2.14 bits per heavy atom. The van der Waals surface area contributed by atoms with Gasteiger partial charge in [0.1, 0.15) is 0 Å². The van der Waals surface area contributed by atoms with Crippen molar-refractivity contribution in [3.63, 3.8) is 0 Å². The lowest BCUT2D eigenvalue weighted by Gasteiger charge is -2.06. The standard InChI is InChI=1S/C18H13N5O4S/c24-17(14-6-2-8-27-14)22-18(20-16(21-22)15-7-3-9-28-15)19-11-12-4-1-5-13(10-12)23(25)26/h1-10H,11H2,(H,19,20,21). The van der Waals surface area contributed by atoms with E-state index < -0.39 is 10.8 Å². The molecule has 0 saturated carbocycles. The summed E-state index contributed by atoms with van der Waals surface area (Å²) in [4.78, 5) is 28.4. The van der Waals surface area contributed by atoms with Gasteiger partial charge in [0.05, 0.1) is 16.1 Å². The molecule has 0 radical (unpaired) electrons. The van der Waals surface area contributed by atoms with Crippen LogP contribution in [0.3, 0.4) is 0 Å². The van der Waals surface area contributed by atoms with Crippen molar-refractivity contribution in [3.05, 3.63) is 81.6 Å². The number of carbonyl (C=O) groups excluding carboxylic acids is 1. The van der Waals surface area contributed by atoms with E-state index in [1.54, 1.807) is 24.3 Å². The van der Waals surface area contributed by atoms with Crippen molar-refractivity contribution in [1.29, 1.82) is 0 Å². The van der Waals surface area contributed by atoms with Crippen molar-refractivity contribution in [2.75, 3.05) is 5.32 Å². The van der Waals surface area contributed by atoms with Crippen LogP contribution in [0, 0.1) is 10.1 Å². The first-order valence-corrected chi connectivity index (χ1v) is 9.06. The van der Waals surface area contributed by atoms with Crippen LogP contribution >= 0.6 is 11.3 Å². The number of anilines is 1. The predicted octanol–water partition coefficient (Wildman–Crippen LogP) is 3.81. The smallest absolute Gasteiger partial charge is 0.317 e. The number of thiophene rings is 1. The van der Waals surface area contributed by atoms with E-state index in [2.05, 4.69) is 15.4 Å². The first-order chi connectivity index (χ1) is 13.6. The Morgan fingerprint density at radius 1 is 1.25 bits per heavy atom. The van der Waals surface area contributed by atoms with E-state index in [0.717, 1.165) is 9.56 Å². The second-order valence-electron chi connectivity index (χ2n) is 5.71. The summed E-state index contributed by atoms with van der Waals surface area (Å²) in [6.45, 7) is 0.232. The first-order valence-electron chi connectivity index (χ1n) is 8.18. The Morgan fingerprint density at radius 3 is 2.86 bits per heavy atom. The molecule has 0 unspecified atom stereocenters. The lowest BCUT2D eigenvalue weighted by atomic mass is 10.2. The SMILES string of the molecule is O=C(c1ccco1)n1nc(-c2cccs2)nc1NCc1cccc([N+](=O)[O-])c1. The van der Waals surface area contributed by atoms with E-state index >= 15 is 0 Å².